The van der Waals surface area contributed by atoms with Crippen LogP contribution in [0.2, 0.25) is 0 Å². The number of anilines is 1. The predicted molar refractivity (Wildman–Crippen MR) is 96.1 cm³/mol. The lowest BCUT2D eigenvalue weighted by Crippen LogP contribution is -2.03. The molecular formula is C17H14N4O2S. The molecule has 0 spiro atoms. The third-order valence-corrected chi connectivity index (χ3v) is 4.85. The normalized spacial score (nSPS) is 14.3. The zero-order valence-electron chi connectivity index (χ0n) is 12.7. The number of hydrogen-bond donors (Lipinski definition) is 1. The molecule has 1 aliphatic rings. The van der Waals surface area contributed by atoms with Crippen molar-refractivity contribution >= 4 is 45.2 Å². The van der Waals surface area contributed by atoms with Crippen LogP contribution in [-0.4, -0.2) is 20.9 Å². The van der Waals surface area contributed by atoms with Crippen molar-refractivity contribution in [3.05, 3.63) is 57.2 Å². The van der Waals surface area contributed by atoms with Crippen LogP contribution in [0.5, 0.6) is 0 Å². The number of non-ortho nitro benzene ring substituents is 1. The number of benzene rings is 1. The number of fused-ring (bicyclic) bond motifs is 1. The van der Waals surface area contributed by atoms with Gasteiger partial charge in [0.2, 0.25) is 0 Å². The molecule has 6 nitrogen and oxygen atoms in total. The molecule has 0 unspecified atom stereocenters. The fraction of sp³-hybridized carbons (Fsp3) is 0.176. The number of nitrogens with one attached hydrogen (secondary N) is 1. The van der Waals surface area contributed by atoms with E-state index in [1.54, 1.807) is 29.8 Å². The molecule has 0 aliphatic heterocycles. The van der Waals surface area contributed by atoms with Crippen LogP contribution < -0.4 is 5.32 Å². The summed E-state index contributed by atoms with van der Waals surface area (Å²) in [5.74, 6) is 0.905. The first-order valence-corrected chi connectivity index (χ1v) is 8.50. The molecule has 3 aromatic rings. The summed E-state index contributed by atoms with van der Waals surface area (Å²) in [6.07, 6.45) is 7.89. The summed E-state index contributed by atoms with van der Waals surface area (Å²) in [6, 6.07) is 7.02. The Morgan fingerprint density at radius 3 is 2.71 bits per heavy atom. The van der Waals surface area contributed by atoms with E-state index in [0.29, 0.717) is 6.04 Å². The highest BCUT2D eigenvalue weighted by molar-refractivity contribution is 7.18. The third kappa shape index (κ3) is 2.98. The molecule has 1 aliphatic carbocycles. The maximum absolute atomic E-state index is 10.7. The molecule has 1 N–H and O–H groups in total. The van der Waals surface area contributed by atoms with Gasteiger partial charge in [0.05, 0.1) is 15.1 Å². The van der Waals surface area contributed by atoms with Crippen LogP contribution in [0.1, 0.15) is 24.0 Å². The SMILES string of the molecule is O=[N+]([O-])c1ccc(C=Cc2csc3c(NC4CC4)ncnc23)cc1. The molecule has 0 bridgehead atoms. The van der Waals surface area contributed by atoms with Gasteiger partial charge in [-0.15, -0.1) is 11.3 Å². The van der Waals surface area contributed by atoms with Crippen molar-refractivity contribution in [1.29, 1.82) is 0 Å². The van der Waals surface area contributed by atoms with Gasteiger partial charge >= 0.3 is 0 Å². The number of thiophene rings is 1. The fourth-order valence-electron chi connectivity index (χ4n) is 2.40. The summed E-state index contributed by atoms with van der Waals surface area (Å²) < 4.78 is 1.06. The zero-order chi connectivity index (χ0) is 16.5. The van der Waals surface area contributed by atoms with Gasteiger partial charge in [-0.05, 0) is 30.5 Å². The Balaban J connectivity index is 1.60. The van der Waals surface area contributed by atoms with E-state index in [2.05, 4.69) is 20.7 Å². The highest BCUT2D eigenvalue weighted by Gasteiger charge is 2.22. The van der Waals surface area contributed by atoms with E-state index in [-0.39, 0.29) is 5.69 Å². The minimum absolute atomic E-state index is 0.0941. The van der Waals surface area contributed by atoms with Crippen molar-refractivity contribution in [2.75, 3.05) is 5.32 Å². The summed E-state index contributed by atoms with van der Waals surface area (Å²) in [7, 11) is 0. The van der Waals surface area contributed by atoms with Crippen LogP contribution in [0.4, 0.5) is 11.5 Å². The maximum atomic E-state index is 10.7. The zero-order valence-corrected chi connectivity index (χ0v) is 13.5. The quantitative estimate of drug-likeness (QED) is 0.553. The highest BCUT2D eigenvalue weighted by Crippen LogP contribution is 2.33. The second-order valence-electron chi connectivity index (χ2n) is 5.69. The molecule has 4 rings (SSSR count). The van der Waals surface area contributed by atoms with Crippen LogP contribution in [0.25, 0.3) is 22.4 Å². The van der Waals surface area contributed by atoms with E-state index in [0.717, 1.165) is 27.2 Å². The lowest BCUT2D eigenvalue weighted by Gasteiger charge is -2.03. The second kappa shape index (κ2) is 6.01. The molecule has 120 valence electrons. The minimum atomic E-state index is -0.398. The summed E-state index contributed by atoms with van der Waals surface area (Å²) in [5.41, 5.74) is 2.95. The largest absolute Gasteiger partial charge is 0.366 e. The van der Waals surface area contributed by atoms with Gasteiger partial charge in [-0.25, -0.2) is 9.97 Å². The molecule has 1 aromatic carbocycles. The summed E-state index contributed by atoms with van der Waals surface area (Å²) in [6.45, 7) is 0. The Morgan fingerprint density at radius 1 is 1.21 bits per heavy atom. The van der Waals surface area contributed by atoms with Crippen molar-refractivity contribution < 1.29 is 4.92 Å². The second-order valence-corrected chi connectivity index (χ2v) is 6.57. The molecule has 0 atom stereocenters. The van der Waals surface area contributed by atoms with Gasteiger partial charge < -0.3 is 5.32 Å². The Labute approximate surface area is 142 Å². The lowest BCUT2D eigenvalue weighted by atomic mass is 10.1. The number of hydrogen-bond acceptors (Lipinski definition) is 6. The van der Waals surface area contributed by atoms with Crippen LogP contribution >= 0.6 is 11.3 Å². The Bertz CT molecular complexity index is 929. The van der Waals surface area contributed by atoms with Crippen molar-refractivity contribution in [2.24, 2.45) is 0 Å². The van der Waals surface area contributed by atoms with Crippen LogP contribution in [0, 0.1) is 10.1 Å². The van der Waals surface area contributed by atoms with Gasteiger partial charge in [0.25, 0.3) is 5.69 Å². The maximum Gasteiger partial charge on any atom is 0.269 e. The fourth-order valence-corrected chi connectivity index (χ4v) is 3.34. The van der Waals surface area contributed by atoms with Crippen molar-refractivity contribution in [3.8, 4) is 0 Å². The Hall–Kier alpha value is -2.80. The summed E-state index contributed by atoms with van der Waals surface area (Å²) >= 11 is 1.62. The van der Waals surface area contributed by atoms with E-state index in [1.807, 2.05) is 12.2 Å². The Morgan fingerprint density at radius 2 is 2.00 bits per heavy atom. The first-order chi connectivity index (χ1) is 11.7. The average molecular weight is 338 g/mol. The molecule has 1 saturated carbocycles. The molecule has 0 radical (unpaired) electrons. The molecule has 1 fully saturated rings. The predicted octanol–water partition coefficient (Wildman–Crippen LogP) is 4.34. The standard InChI is InChI=1S/C17H14N4O2S/c22-21(23)14-7-2-11(3-8-14)1-4-12-9-24-16-15(12)18-10-19-17(16)20-13-5-6-13/h1-4,7-10,13H,5-6H2,(H,18,19,20). The summed E-state index contributed by atoms with van der Waals surface area (Å²) in [4.78, 5) is 19.0. The molecule has 2 aromatic heterocycles. The number of nitrogens with zero attached hydrogens (tertiary/aromatic N) is 3. The van der Waals surface area contributed by atoms with E-state index in [9.17, 15) is 10.1 Å². The summed E-state index contributed by atoms with van der Waals surface area (Å²) in [5, 5.41) is 16.2. The van der Waals surface area contributed by atoms with Crippen molar-refractivity contribution in [1.82, 2.24) is 9.97 Å². The molecule has 2 heterocycles. The highest BCUT2D eigenvalue weighted by atomic mass is 32.1. The number of aromatic nitrogens is 2. The Kier molecular flexibility index (Phi) is 3.70. The van der Waals surface area contributed by atoms with Gasteiger partial charge in [0.15, 0.2) is 0 Å². The van der Waals surface area contributed by atoms with Gasteiger partial charge in [0, 0.05) is 29.1 Å². The van der Waals surface area contributed by atoms with Crippen molar-refractivity contribution in [2.45, 2.75) is 18.9 Å². The molecule has 0 saturated heterocycles. The molecule has 24 heavy (non-hydrogen) atoms. The van der Waals surface area contributed by atoms with Crippen molar-refractivity contribution in [3.63, 3.8) is 0 Å². The van der Waals surface area contributed by atoms with Crippen LogP contribution in [0.15, 0.2) is 36.0 Å². The van der Waals surface area contributed by atoms with Crippen LogP contribution in [0.3, 0.4) is 0 Å². The van der Waals surface area contributed by atoms with Gasteiger partial charge in [-0.2, -0.15) is 0 Å². The minimum Gasteiger partial charge on any atom is -0.366 e. The number of nitro benzene ring substituents is 1. The first kappa shape index (κ1) is 14.8. The van der Waals surface area contributed by atoms with E-state index in [4.69, 9.17) is 0 Å². The topological polar surface area (TPSA) is 81.0 Å². The van der Waals surface area contributed by atoms with E-state index >= 15 is 0 Å². The number of rotatable bonds is 5. The van der Waals surface area contributed by atoms with Gasteiger partial charge in [-0.1, -0.05) is 12.2 Å². The first-order valence-electron chi connectivity index (χ1n) is 7.62. The van der Waals surface area contributed by atoms with Gasteiger partial charge in [-0.3, -0.25) is 10.1 Å². The lowest BCUT2D eigenvalue weighted by molar-refractivity contribution is -0.384. The van der Waals surface area contributed by atoms with E-state index in [1.165, 1.54) is 25.0 Å². The smallest absolute Gasteiger partial charge is 0.269 e. The van der Waals surface area contributed by atoms with E-state index < -0.39 is 4.92 Å². The monoisotopic (exact) mass is 338 g/mol. The molecule has 0 amide bonds. The number of nitro groups is 1. The average Bonchev–Trinajstić information content (AvgIpc) is 3.31. The molecule has 7 heteroatoms. The van der Waals surface area contributed by atoms with Crippen LogP contribution in [-0.2, 0) is 0 Å². The van der Waals surface area contributed by atoms with Gasteiger partial charge in [0.1, 0.15) is 12.1 Å². The third-order valence-electron chi connectivity index (χ3n) is 3.86. The molecular weight excluding hydrogens is 324 g/mol.